The highest BCUT2D eigenvalue weighted by Gasteiger charge is 2.39. The molecule has 0 saturated heterocycles. The maximum Gasteiger partial charge on any atom is 0.434 e. The minimum atomic E-state index is -4.78. The van der Waals surface area contributed by atoms with Crippen molar-refractivity contribution in [1.82, 2.24) is 4.98 Å². The Hall–Kier alpha value is -3.23. The molecule has 34 heavy (non-hydrogen) atoms. The number of amides is 1. The van der Waals surface area contributed by atoms with E-state index in [2.05, 4.69) is 4.98 Å². The van der Waals surface area contributed by atoms with Crippen molar-refractivity contribution < 1.29 is 22.4 Å². The van der Waals surface area contributed by atoms with E-state index in [9.17, 15) is 22.4 Å². The molecule has 0 saturated carbocycles. The molecule has 0 aliphatic carbocycles. The topological polar surface area (TPSA) is 33.2 Å². The van der Waals surface area contributed by atoms with Crippen LogP contribution in [-0.2, 0) is 6.18 Å². The number of nitrogens with zero attached hydrogens (tertiary/aromatic N) is 2. The van der Waals surface area contributed by atoms with E-state index in [1.54, 1.807) is 25.1 Å². The first-order valence-corrected chi connectivity index (χ1v) is 11.3. The molecule has 174 valence electrons. The molecule has 0 N–H and O–H groups in total. The zero-order valence-corrected chi connectivity index (χ0v) is 19.5. The molecule has 4 aromatic rings. The number of alkyl halides is 3. The van der Waals surface area contributed by atoms with Crippen LogP contribution in [0.5, 0.6) is 0 Å². The maximum atomic E-state index is 14.5. The Kier molecular flexibility index (Phi) is 6.47. The number of benzene rings is 3. The van der Waals surface area contributed by atoms with Crippen molar-refractivity contribution in [3.8, 4) is 10.4 Å². The molecule has 0 fully saturated rings. The highest BCUT2D eigenvalue weighted by atomic mass is 35.5. The molecule has 1 heterocycles. The van der Waals surface area contributed by atoms with Gasteiger partial charge in [-0.2, -0.15) is 13.2 Å². The second-order valence-corrected chi connectivity index (χ2v) is 9.00. The van der Waals surface area contributed by atoms with Crippen molar-refractivity contribution >= 4 is 39.7 Å². The summed E-state index contributed by atoms with van der Waals surface area (Å²) in [5.41, 5.74) is 0.673. The molecule has 0 spiro atoms. The normalized spacial score (nSPS) is 11.5. The van der Waals surface area contributed by atoms with Crippen molar-refractivity contribution in [2.24, 2.45) is 0 Å². The number of anilines is 2. The van der Waals surface area contributed by atoms with Crippen molar-refractivity contribution in [2.45, 2.75) is 20.0 Å². The van der Waals surface area contributed by atoms with Crippen LogP contribution in [-0.4, -0.2) is 10.9 Å². The molecule has 0 radical (unpaired) electrons. The standard InChI is InChI=1S/C25H17ClF4N2OS/c1-14-7-12-20(15(2)13-14)32(23(33)18-5-3-4-6-19(18)27)24-31-22(25(28,29)30)21(34-24)16-8-10-17(26)11-9-16/h3-13H,1-2H3. The van der Waals surface area contributed by atoms with Crippen LogP contribution >= 0.6 is 22.9 Å². The van der Waals surface area contributed by atoms with Crippen LogP contribution in [0.15, 0.2) is 66.7 Å². The van der Waals surface area contributed by atoms with Crippen molar-refractivity contribution in [3.05, 3.63) is 100.0 Å². The highest BCUT2D eigenvalue weighted by Crippen LogP contribution is 2.45. The lowest BCUT2D eigenvalue weighted by atomic mass is 10.1. The molecular formula is C25H17ClF4N2OS. The summed E-state index contributed by atoms with van der Waals surface area (Å²) in [6.45, 7) is 3.58. The molecule has 0 aliphatic rings. The molecule has 4 rings (SSSR count). The van der Waals surface area contributed by atoms with Gasteiger partial charge in [0.15, 0.2) is 10.8 Å². The van der Waals surface area contributed by atoms with Gasteiger partial charge in [0.1, 0.15) is 5.82 Å². The van der Waals surface area contributed by atoms with Crippen LogP contribution in [0.25, 0.3) is 10.4 Å². The van der Waals surface area contributed by atoms with E-state index in [1.165, 1.54) is 42.5 Å². The summed E-state index contributed by atoms with van der Waals surface area (Å²) in [7, 11) is 0. The molecule has 1 amide bonds. The summed E-state index contributed by atoms with van der Waals surface area (Å²) in [4.78, 5) is 18.2. The number of hydrogen-bond donors (Lipinski definition) is 0. The summed E-state index contributed by atoms with van der Waals surface area (Å²) < 4.78 is 56.4. The number of rotatable bonds is 4. The minimum absolute atomic E-state index is 0.171. The van der Waals surface area contributed by atoms with Gasteiger partial charge in [-0.15, -0.1) is 0 Å². The van der Waals surface area contributed by atoms with E-state index in [-0.39, 0.29) is 21.1 Å². The van der Waals surface area contributed by atoms with Gasteiger partial charge in [-0.1, -0.05) is 64.9 Å². The Morgan fingerprint density at radius 3 is 2.29 bits per heavy atom. The van der Waals surface area contributed by atoms with Gasteiger partial charge in [0.2, 0.25) is 0 Å². The van der Waals surface area contributed by atoms with Crippen molar-refractivity contribution in [1.29, 1.82) is 0 Å². The van der Waals surface area contributed by atoms with Gasteiger partial charge in [-0.25, -0.2) is 9.37 Å². The summed E-state index contributed by atoms with van der Waals surface area (Å²) in [6.07, 6.45) is -4.78. The minimum Gasteiger partial charge on any atom is -0.268 e. The molecule has 0 atom stereocenters. The van der Waals surface area contributed by atoms with Crippen molar-refractivity contribution in [2.75, 3.05) is 4.90 Å². The predicted molar refractivity (Wildman–Crippen MR) is 126 cm³/mol. The highest BCUT2D eigenvalue weighted by molar-refractivity contribution is 7.19. The van der Waals surface area contributed by atoms with E-state index in [1.807, 2.05) is 6.92 Å². The monoisotopic (exact) mass is 504 g/mol. The smallest absolute Gasteiger partial charge is 0.268 e. The van der Waals surface area contributed by atoms with Gasteiger partial charge in [-0.3, -0.25) is 9.69 Å². The zero-order valence-electron chi connectivity index (χ0n) is 18.0. The fourth-order valence-electron chi connectivity index (χ4n) is 3.50. The molecule has 0 aliphatic heterocycles. The average molecular weight is 505 g/mol. The largest absolute Gasteiger partial charge is 0.434 e. The number of aromatic nitrogens is 1. The van der Waals surface area contributed by atoms with Crippen LogP contribution in [0.4, 0.5) is 28.4 Å². The Bertz CT molecular complexity index is 1370. The third-order valence-corrected chi connectivity index (χ3v) is 6.42. The Morgan fingerprint density at radius 1 is 1.00 bits per heavy atom. The summed E-state index contributed by atoms with van der Waals surface area (Å²) in [5, 5.41) is 0.145. The molecule has 0 unspecified atom stereocenters. The molecular weight excluding hydrogens is 488 g/mol. The maximum absolute atomic E-state index is 14.5. The number of carbonyl (C=O) groups is 1. The zero-order chi connectivity index (χ0) is 24.6. The SMILES string of the molecule is Cc1ccc(N(C(=O)c2ccccc2F)c2nc(C(F)(F)F)c(-c3ccc(Cl)cc3)s2)c(C)c1. The lowest BCUT2D eigenvalue weighted by molar-refractivity contribution is -0.140. The number of halogens is 5. The molecule has 3 nitrogen and oxygen atoms in total. The van der Waals surface area contributed by atoms with Gasteiger partial charge in [-0.05, 0) is 55.3 Å². The first-order valence-electron chi connectivity index (χ1n) is 10.1. The second-order valence-electron chi connectivity index (χ2n) is 7.59. The van der Waals surface area contributed by atoms with Gasteiger partial charge in [0.05, 0.1) is 16.1 Å². The van der Waals surface area contributed by atoms with E-state index < -0.39 is 23.6 Å². The summed E-state index contributed by atoms with van der Waals surface area (Å²) in [6, 6.07) is 16.3. The molecule has 9 heteroatoms. The molecule has 0 bridgehead atoms. The summed E-state index contributed by atoms with van der Waals surface area (Å²) >= 11 is 6.59. The number of carbonyl (C=O) groups excluding carboxylic acids is 1. The first-order chi connectivity index (χ1) is 16.1. The van der Waals surface area contributed by atoms with E-state index in [0.29, 0.717) is 27.6 Å². The number of thiazole rings is 1. The van der Waals surface area contributed by atoms with Crippen LogP contribution in [0, 0.1) is 19.7 Å². The van der Waals surface area contributed by atoms with Gasteiger partial charge >= 0.3 is 6.18 Å². The van der Waals surface area contributed by atoms with Gasteiger partial charge < -0.3 is 0 Å². The van der Waals surface area contributed by atoms with E-state index in [4.69, 9.17) is 11.6 Å². The molecule has 3 aromatic carbocycles. The Balaban J connectivity index is 1.95. The fraction of sp³-hybridized carbons (Fsp3) is 0.120. The lowest BCUT2D eigenvalue weighted by Crippen LogP contribution is -2.27. The van der Waals surface area contributed by atoms with Crippen LogP contribution in [0.3, 0.4) is 0 Å². The average Bonchev–Trinajstić information content (AvgIpc) is 3.22. The van der Waals surface area contributed by atoms with E-state index in [0.717, 1.165) is 16.5 Å². The Labute approximate surface area is 202 Å². The van der Waals surface area contributed by atoms with E-state index >= 15 is 0 Å². The third kappa shape index (κ3) is 4.69. The summed E-state index contributed by atoms with van der Waals surface area (Å²) in [5.74, 6) is -1.61. The number of hydrogen-bond acceptors (Lipinski definition) is 3. The van der Waals surface area contributed by atoms with Crippen LogP contribution in [0.2, 0.25) is 5.02 Å². The predicted octanol–water partition coefficient (Wildman–Crippen LogP) is 8.22. The molecule has 1 aromatic heterocycles. The second kappa shape index (κ2) is 9.19. The van der Waals surface area contributed by atoms with Crippen LogP contribution in [0.1, 0.15) is 27.2 Å². The first kappa shape index (κ1) is 23.9. The third-order valence-electron chi connectivity index (χ3n) is 5.08. The van der Waals surface area contributed by atoms with Crippen LogP contribution < -0.4 is 4.90 Å². The fourth-order valence-corrected chi connectivity index (χ4v) is 4.73. The number of aryl methyl sites for hydroxylation is 2. The Morgan fingerprint density at radius 2 is 1.68 bits per heavy atom. The van der Waals surface area contributed by atoms with Crippen molar-refractivity contribution in [3.63, 3.8) is 0 Å². The van der Waals surface area contributed by atoms with Gasteiger partial charge in [0, 0.05) is 5.02 Å². The lowest BCUT2D eigenvalue weighted by Gasteiger charge is -2.22. The van der Waals surface area contributed by atoms with Gasteiger partial charge in [0.25, 0.3) is 5.91 Å². The quantitative estimate of drug-likeness (QED) is 0.262.